The summed E-state index contributed by atoms with van der Waals surface area (Å²) in [5.74, 6) is -0.791. The van der Waals surface area contributed by atoms with E-state index in [-0.39, 0.29) is 28.7 Å². The molecule has 3 nitrogen and oxygen atoms in total. The number of hydrogen-bond donors (Lipinski definition) is 0. The fourth-order valence-corrected chi connectivity index (χ4v) is 1.27. The molecule has 0 atom stereocenters. The Labute approximate surface area is 99.0 Å². The van der Waals surface area contributed by atoms with Crippen molar-refractivity contribution in [3.8, 4) is 0 Å². The van der Waals surface area contributed by atoms with Gasteiger partial charge in [0.2, 0.25) is 0 Å². The third-order valence-corrected chi connectivity index (χ3v) is 2.00. The van der Waals surface area contributed by atoms with Gasteiger partial charge < -0.3 is 4.74 Å². The average molecular weight is 277 g/mol. The van der Waals surface area contributed by atoms with Crippen LogP contribution in [0.4, 0.5) is 0 Å². The predicted molar refractivity (Wildman–Crippen MR) is 63.0 cm³/mol. The zero-order valence-electron chi connectivity index (χ0n) is 9.59. The first-order valence-electron chi connectivity index (χ1n) is 4.81. The minimum atomic E-state index is -0.545. The van der Waals surface area contributed by atoms with Crippen molar-refractivity contribution in [2.75, 3.05) is 11.9 Å². The summed E-state index contributed by atoms with van der Waals surface area (Å²) in [5.41, 5.74) is -0.0962. The molecule has 4 heteroatoms. The van der Waals surface area contributed by atoms with Gasteiger partial charge in [0.25, 0.3) is 0 Å². The number of esters is 1. The van der Waals surface area contributed by atoms with Gasteiger partial charge in [-0.2, -0.15) is 0 Å². The van der Waals surface area contributed by atoms with Crippen molar-refractivity contribution in [1.82, 2.24) is 0 Å². The number of ketones is 1. The summed E-state index contributed by atoms with van der Waals surface area (Å²) in [7, 11) is 0. The Kier molecular flexibility index (Phi) is 5.80. The van der Waals surface area contributed by atoms with E-state index in [9.17, 15) is 9.59 Å². The molecule has 0 aliphatic carbocycles. The first-order valence-corrected chi connectivity index (χ1v) is 5.93. The second-order valence-electron chi connectivity index (χ2n) is 4.20. The zero-order valence-corrected chi connectivity index (χ0v) is 11.2. The highest BCUT2D eigenvalue weighted by Gasteiger charge is 2.21. The molecule has 86 valence electrons. The Balaban J connectivity index is 4.98. The van der Waals surface area contributed by atoms with Gasteiger partial charge in [-0.3, -0.25) is 4.79 Å². The fourth-order valence-electron chi connectivity index (χ4n) is 0.967. The molecule has 0 N–H and O–H groups in total. The van der Waals surface area contributed by atoms with E-state index in [1.54, 1.807) is 13.0 Å². The summed E-state index contributed by atoms with van der Waals surface area (Å²) in [6, 6.07) is 0. The minimum absolute atomic E-state index is 0.126. The molecule has 0 radical (unpaired) electrons. The number of Topliss-reactive ketones (excluding diaryl/α,β-unsaturated/α-hetero) is 1. The van der Waals surface area contributed by atoms with E-state index in [1.807, 2.05) is 20.8 Å². The maximum Gasteiger partial charge on any atom is 0.341 e. The molecule has 0 aliphatic rings. The van der Waals surface area contributed by atoms with E-state index < -0.39 is 5.97 Å². The monoisotopic (exact) mass is 276 g/mol. The van der Waals surface area contributed by atoms with E-state index in [0.717, 1.165) is 0 Å². The zero-order chi connectivity index (χ0) is 12.1. The number of alkyl halides is 1. The SMILES string of the molecule is CCOC(=O)C(=CC(C)(C)C)C(=O)CBr. The van der Waals surface area contributed by atoms with Gasteiger partial charge in [0.15, 0.2) is 5.78 Å². The van der Waals surface area contributed by atoms with E-state index in [1.165, 1.54) is 0 Å². The molecule has 0 saturated heterocycles. The van der Waals surface area contributed by atoms with Gasteiger partial charge in [-0.15, -0.1) is 0 Å². The summed E-state index contributed by atoms with van der Waals surface area (Å²) in [6.45, 7) is 7.76. The van der Waals surface area contributed by atoms with Crippen molar-refractivity contribution in [2.45, 2.75) is 27.7 Å². The van der Waals surface area contributed by atoms with Gasteiger partial charge >= 0.3 is 5.97 Å². The highest BCUT2D eigenvalue weighted by atomic mass is 79.9. The molecule has 0 spiro atoms. The first kappa shape index (κ1) is 14.4. The van der Waals surface area contributed by atoms with Gasteiger partial charge in [-0.05, 0) is 12.3 Å². The molecule has 0 aromatic rings. The van der Waals surface area contributed by atoms with Crippen molar-refractivity contribution in [3.05, 3.63) is 11.6 Å². The molecular weight excluding hydrogens is 260 g/mol. The van der Waals surface area contributed by atoms with E-state index in [0.29, 0.717) is 0 Å². The summed E-state index contributed by atoms with van der Waals surface area (Å²) < 4.78 is 4.82. The fraction of sp³-hybridized carbons (Fsp3) is 0.636. The lowest BCUT2D eigenvalue weighted by Gasteiger charge is -2.14. The van der Waals surface area contributed by atoms with Gasteiger partial charge in [0.05, 0.1) is 11.9 Å². The molecule has 0 aliphatic heterocycles. The lowest BCUT2D eigenvalue weighted by molar-refractivity contribution is -0.139. The highest BCUT2D eigenvalue weighted by molar-refractivity contribution is 9.09. The molecule has 0 bridgehead atoms. The molecule has 0 amide bonds. The summed E-state index contributed by atoms with van der Waals surface area (Å²) in [4.78, 5) is 23.0. The third-order valence-electron chi connectivity index (χ3n) is 1.49. The molecule has 0 saturated carbocycles. The quantitative estimate of drug-likeness (QED) is 0.261. The minimum Gasteiger partial charge on any atom is -0.462 e. The third kappa shape index (κ3) is 5.72. The van der Waals surface area contributed by atoms with Crippen molar-refractivity contribution < 1.29 is 14.3 Å². The van der Waals surface area contributed by atoms with Crippen LogP contribution in [0, 0.1) is 5.41 Å². The van der Waals surface area contributed by atoms with Crippen LogP contribution >= 0.6 is 15.9 Å². The van der Waals surface area contributed by atoms with Crippen molar-refractivity contribution in [2.24, 2.45) is 5.41 Å². The maximum atomic E-state index is 11.5. The van der Waals surface area contributed by atoms with Crippen LogP contribution in [-0.2, 0) is 14.3 Å². The number of rotatable bonds is 4. The summed E-state index contributed by atoms with van der Waals surface area (Å²) >= 11 is 3.04. The van der Waals surface area contributed by atoms with Crippen LogP contribution in [0.2, 0.25) is 0 Å². The standard InChI is InChI=1S/C11H17BrO3/c1-5-15-10(14)8(9(13)7-12)6-11(2,3)4/h6H,5,7H2,1-4H3. The van der Waals surface area contributed by atoms with Crippen LogP contribution in [0.1, 0.15) is 27.7 Å². The van der Waals surface area contributed by atoms with E-state index in [4.69, 9.17) is 4.74 Å². The Hall–Kier alpha value is -0.640. The molecule has 0 aromatic heterocycles. The molecule has 0 fully saturated rings. The smallest absolute Gasteiger partial charge is 0.341 e. The lowest BCUT2D eigenvalue weighted by Crippen LogP contribution is -2.19. The topological polar surface area (TPSA) is 43.4 Å². The van der Waals surface area contributed by atoms with Crippen molar-refractivity contribution >= 4 is 27.7 Å². The summed E-state index contributed by atoms with van der Waals surface area (Å²) in [5, 5.41) is 0.133. The Morgan fingerprint density at radius 1 is 1.33 bits per heavy atom. The molecule has 0 unspecified atom stereocenters. The van der Waals surface area contributed by atoms with Crippen LogP contribution in [0.25, 0.3) is 0 Å². The first-order chi connectivity index (χ1) is 6.81. The Bertz CT molecular complexity index is 274. The van der Waals surface area contributed by atoms with Crippen LogP contribution in [0.3, 0.4) is 0 Å². The number of ether oxygens (including phenoxy) is 1. The second-order valence-corrected chi connectivity index (χ2v) is 4.76. The van der Waals surface area contributed by atoms with Crippen LogP contribution in [-0.4, -0.2) is 23.7 Å². The maximum absolute atomic E-state index is 11.5. The summed E-state index contributed by atoms with van der Waals surface area (Å²) in [6.07, 6.45) is 1.65. The molecule has 15 heavy (non-hydrogen) atoms. The largest absolute Gasteiger partial charge is 0.462 e. The Morgan fingerprint density at radius 3 is 2.20 bits per heavy atom. The van der Waals surface area contributed by atoms with Gasteiger partial charge in [0.1, 0.15) is 5.57 Å². The number of halogens is 1. The molecule has 0 heterocycles. The molecule has 0 rings (SSSR count). The number of allylic oxidation sites excluding steroid dienone is 1. The predicted octanol–water partition coefficient (Wildman–Crippen LogP) is 2.49. The van der Waals surface area contributed by atoms with Crippen LogP contribution < -0.4 is 0 Å². The molecular formula is C11H17BrO3. The van der Waals surface area contributed by atoms with Crippen molar-refractivity contribution in [3.63, 3.8) is 0 Å². The van der Waals surface area contributed by atoms with Gasteiger partial charge in [0, 0.05) is 0 Å². The second kappa shape index (κ2) is 6.05. The lowest BCUT2D eigenvalue weighted by atomic mass is 9.92. The number of carbonyl (C=O) groups excluding carboxylic acids is 2. The van der Waals surface area contributed by atoms with E-state index >= 15 is 0 Å². The van der Waals surface area contributed by atoms with Crippen LogP contribution in [0.5, 0.6) is 0 Å². The van der Waals surface area contributed by atoms with Gasteiger partial charge in [-0.1, -0.05) is 42.8 Å². The highest BCUT2D eigenvalue weighted by Crippen LogP contribution is 2.19. The number of carbonyl (C=O) groups is 2. The molecule has 0 aromatic carbocycles. The number of hydrogen-bond acceptors (Lipinski definition) is 3. The Morgan fingerprint density at radius 2 is 1.87 bits per heavy atom. The van der Waals surface area contributed by atoms with Crippen molar-refractivity contribution in [1.29, 1.82) is 0 Å². The van der Waals surface area contributed by atoms with E-state index in [2.05, 4.69) is 15.9 Å². The normalized spacial score (nSPS) is 12.5. The van der Waals surface area contributed by atoms with Crippen LogP contribution in [0.15, 0.2) is 11.6 Å². The average Bonchev–Trinajstić information content (AvgIpc) is 2.12. The van der Waals surface area contributed by atoms with Gasteiger partial charge in [-0.25, -0.2) is 4.79 Å².